The van der Waals surface area contributed by atoms with E-state index in [0.29, 0.717) is 23.3 Å². The molecule has 5 nitrogen and oxygen atoms in total. The molecule has 0 radical (unpaired) electrons. The molecule has 2 unspecified atom stereocenters. The van der Waals surface area contributed by atoms with Gasteiger partial charge in [-0.2, -0.15) is 17.2 Å². The molecule has 7 rings (SSSR count). The van der Waals surface area contributed by atoms with E-state index >= 15 is 0 Å². The van der Waals surface area contributed by atoms with E-state index in [2.05, 4.69) is 121 Å². The minimum absolute atomic E-state index is 0. The summed E-state index contributed by atoms with van der Waals surface area (Å²) in [5, 5.41) is 7.20. The zero-order chi connectivity index (χ0) is 37.2. The van der Waals surface area contributed by atoms with Crippen LogP contribution in [0.2, 0.25) is 0 Å². The van der Waals surface area contributed by atoms with Gasteiger partial charge in [-0.3, -0.25) is 4.68 Å². The molecule has 0 aliphatic carbocycles. The van der Waals surface area contributed by atoms with Crippen LogP contribution in [-0.4, -0.2) is 19.3 Å². The zero-order valence-corrected chi connectivity index (χ0v) is 35.3. The van der Waals surface area contributed by atoms with E-state index < -0.39 is 0 Å². The van der Waals surface area contributed by atoms with Gasteiger partial charge in [-0.05, 0) is 120 Å². The first-order valence-corrected chi connectivity index (χ1v) is 19.5. The van der Waals surface area contributed by atoms with Crippen LogP contribution in [0, 0.1) is 32.9 Å². The average molecular weight is 896 g/mol. The van der Waals surface area contributed by atoms with Crippen molar-refractivity contribution in [2.75, 3.05) is 0 Å². The summed E-state index contributed by atoms with van der Waals surface area (Å²) in [5.41, 5.74) is 13.9. The Kier molecular flexibility index (Phi) is 12.3. The SMILES string of the molecule is CCCc1ccnc(-n2c3[c-]c(Oc4[c-]c(-n5cc(-c6c(C(C)CCC)c(C)c(C)c(C)c6C(C)CCC)cn5)ccc4)ccc3c3ccccc32)c1.[Pt+2]. The molecule has 3 heterocycles. The van der Waals surface area contributed by atoms with Crippen LogP contribution in [0.1, 0.15) is 112 Å². The van der Waals surface area contributed by atoms with Crippen LogP contribution in [0.3, 0.4) is 0 Å². The summed E-state index contributed by atoms with van der Waals surface area (Å²) in [7, 11) is 0. The van der Waals surface area contributed by atoms with Gasteiger partial charge in [0.05, 0.1) is 6.20 Å². The molecule has 3 aromatic heterocycles. The van der Waals surface area contributed by atoms with Crippen LogP contribution in [0.4, 0.5) is 0 Å². The third-order valence-corrected chi connectivity index (χ3v) is 11.1. The number of pyridine rings is 1. The number of aromatic nitrogens is 4. The number of benzene rings is 4. The van der Waals surface area contributed by atoms with Gasteiger partial charge in [-0.1, -0.05) is 77.6 Å². The van der Waals surface area contributed by atoms with Gasteiger partial charge in [0, 0.05) is 35.0 Å². The second-order valence-electron chi connectivity index (χ2n) is 14.8. The molecule has 0 aliphatic heterocycles. The summed E-state index contributed by atoms with van der Waals surface area (Å²) in [4.78, 5) is 4.80. The smallest absolute Gasteiger partial charge is 0.509 e. The van der Waals surface area contributed by atoms with Crippen LogP contribution in [0.25, 0.3) is 44.4 Å². The third kappa shape index (κ3) is 7.45. The molecule has 2 atom stereocenters. The van der Waals surface area contributed by atoms with Crippen molar-refractivity contribution in [2.45, 2.75) is 106 Å². The summed E-state index contributed by atoms with van der Waals surface area (Å²) in [6.07, 6.45) is 12.8. The Morgan fingerprint density at radius 1 is 0.741 bits per heavy atom. The van der Waals surface area contributed by atoms with Crippen molar-refractivity contribution in [2.24, 2.45) is 0 Å². The molecule has 0 bridgehead atoms. The van der Waals surface area contributed by atoms with E-state index in [1.807, 2.05) is 41.3 Å². The van der Waals surface area contributed by atoms with Crippen molar-refractivity contribution in [3.8, 4) is 34.1 Å². The predicted octanol–water partition coefficient (Wildman–Crippen LogP) is 13.1. The van der Waals surface area contributed by atoms with Crippen molar-refractivity contribution in [3.63, 3.8) is 0 Å². The van der Waals surface area contributed by atoms with Crippen LogP contribution < -0.4 is 4.74 Å². The second kappa shape index (κ2) is 16.9. The van der Waals surface area contributed by atoms with Gasteiger partial charge in [-0.25, -0.2) is 4.98 Å². The van der Waals surface area contributed by atoms with Gasteiger partial charge >= 0.3 is 21.1 Å². The number of rotatable bonds is 13. The fourth-order valence-corrected chi connectivity index (χ4v) is 8.43. The van der Waals surface area contributed by atoms with Crippen molar-refractivity contribution in [1.29, 1.82) is 0 Å². The maximum atomic E-state index is 6.50. The van der Waals surface area contributed by atoms with Crippen LogP contribution >= 0.6 is 0 Å². The molecule has 6 heteroatoms. The van der Waals surface area contributed by atoms with Gasteiger partial charge in [-0.15, -0.1) is 35.7 Å². The summed E-state index contributed by atoms with van der Waals surface area (Å²) in [6, 6.07) is 30.0. The largest absolute Gasteiger partial charge is 2.00 e. The monoisotopic (exact) mass is 895 g/mol. The van der Waals surface area contributed by atoms with E-state index in [9.17, 15) is 0 Å². The average Bonchev–Trinajstić information content (AvgIpc) is 3.77. The van der Waals surface area contributed by atoms with E-state index in [1.54, 1.807) is 0 Å². The van der Waals surface area contributed by atoms with Gasteiger partial charge in [0.25, 0.3) is 0 Å². The van der Waals surface area contributed by atoms with Gasteiger partial charge in [0.1, 0.15) is 5.82 Å². The molecule has 54 heavy (non-hydrogen) atoms. The fraction of sp³-hybridized carbons (Fsp3) is 0.333. The molecular weight excluding hydrogens is 844 g/mol. The normalized spacial score (nSPS) is 12.6. The van der Waals surface area contributed by atoms with Crippen LogP contribution in [-0.2, 0) is 27.5 Å². The topological polar surface area (TPSA) is 44.9 Å². The zero-order valence-electron chi connectivity index (χ0n) is 33.0. The molecular formula is C48H52N4OPt. The number of para-hydroxylation sites is 1. The van der Waals surface area contributed by atoms with Gasteiger partial charge in [0.15, 0.2) is 0 Å². The standard InChI is InChI=1S/C48H52N4O.Pt/c1-9-15-31(4)46-34(7)33(6)35(8)47(32(5)16-10-2)48(46)37-29-50-51(30-37)38-18-14-19-39(27-38)53-40-22-23-42-41-20-12-13-21-43(41)52(44(42)28-40)45-26-36(17-11-3)24-25-49-45;/h12-14,18-26,29-32H,9-11,15-17H2,1-8H3;/q-2;+2. The minimum atomic E-state index is 0. The predicted molar refractivity (Wildman–Crippen MR) is 220 cm³/mol. The van der Waals surface area contributed by atoms with E-state index in [-0.39, 0.29) is 21.1 Å². The Labute approximate surface area is 336 Å². The van der Waals surface area contributed by atoms with Gasteiger partial charge in [0.2, 0.25) is 0 Å². The van der Waals surface area contributed by atoms with Crippen molar-refractivity contribution < 1.29 is 25.8 Å². The van der Waals surface area contributed by atoms with E-state index in [0.717, 1.165) is 77.4 Å². The first kappa shape index (κ1) is 39.2. The number of ether oxygens (including phenoxy) is 1. The molecule has 280 valence electrons. The van der Waals surface area contributed by atoms with Gasteiger partial charge < -0.3 is 9.30 Å². The molecule has 0 fully saturated rings. The summed E-state index contributed by atoms with van der Waals surface area (Å²) >= 11 is 0. The summed E-state index contributed by atoms with van der Waals surface area (Å²) in [5.74, 6) is 3.03. The van der Waals surface area contributed by atoms with Crippen LogP contribution in [0.5, 0.6) is 11.5 Å². The first-order chi connectivity index (χ1) is 25.7. The molecule has 0 N–H and O–H groups in total. The molecule has 0 saturated heterocycles. The Hall–Kier alpha value is -4.47. The third-order valence-electron chi connectivity index (χ3n) is 11.1. The van der Waals surface area contributed by atoms with Crippen LogP contribution in [0.15, 0.2) is 85.3 Å². The van der Waals surface area contributed by atoms with Crippen molar-refractivity contribution in [3.05, 3.63) is 131 Å². The second-order valence-corrected chi connectivity index (χ2v) is 14.8. The number of hydrogen-bond donors (Lipinski definition) is 0. The number of aryl methyl sites for hydroxylation is 1. The molecule has 0 saturated carbocycles. The fourth-order valence-electron chi connectivity index (χ4n) is 8.43. The van der Waals surface area contributed by atoms with E-state index in [1.165, 1.54) is 38.9 Å². The maximum Gasteiger partial charge on any atom is 2.00 e. The molecule has 0 amide bonds. The quantitative estimate of drug-likeness (QED) is 0.108. The molecule has 0 aliphatic rings. The van der Waals surface area contributed by atoms with Crippen molar-refractivity contribution in [1.82, 2.24) is 19.3 Å². The Morgan fingerprint density at radius 2 is 1.44 bits per heavy atom. The Morgan fingerprint density at radius 3 is 2.15 bits per heavy atom. The molecule has 4 aromatic carbocycles. The molecule has 7 aromatic rings. The molecule has 0 spiro atoms. The number of hydrogen-bond acceptors (Lipinski definition) is 3. The summed E-state index contributed by atoms with van der Waals surface area (Å²) in [6.45, 7) is 18.5. The minimum Gasteiger partial charge on any atom is -0.509 e. The van der Waals surface area contributed by atoms with E-state index in [4.69, 9.17) is 14.8 Å². The summed E-state index contributed by atoms with van der Waals surface area (Å²) < 4.78 is 10.6. The van der Waals surface area contributed by atoms with Crippen molar-refractivity contribution >= 4 is 21.8 Å². The Balaban J connectivity index is 0.00000497. The Bertz CT molecular complexity index is 2360. The maximum absolute atomic E-state index is 6.50. The number of fused-ring (bicyclic) bond motifs is 3. The number of nitrogens with zero attached hydrogens (tertiary/aromatic N) is 4. The first-order valence-electron chi connectivity index (χ1n) is 19.5.